The van der Waals surface area contributed by atoms with Crippen molar-refractivity contribution in [2.24, 2.45) is 5.92 Å². The van der Waals surface area contributed by atoms with Crippen molar-refractivity contribution in [1.29, 1.82) is 0 Å². The summed E-state index contributed by atoms with van der Waals surface area (Å²) in [6.45, 7) is 17.1. The molecule has 0 saturated heterocycles. The fraction of sp³-hybridized carbons (Fsp3) is 0.324. The first kappa shape index (κ1) is 24.3. The molecule has 0 saturated carbocycles. The van der Waals surface area contributed by atoms with Gasteiger partial charge >= 0.3 is 0 Å². The van der Waals surface area contributed by atoms with Crippen molar-refractivity contribution in [2.45, 2.75) is 67.7 Å². The Kier molecular flexibility index (Phi) is 5.82. The van der Waals surface area contributed by atoms with Gasteiger partial charge in [0, 0.05) is 11.1 Å². The molecule has 0 amide bonds. The van der Waals surface area contributed by atoms with Crippen molar-refractivity contribution in [3.8, 4) is 11.1 Å². The molecule has 184 valence electrons. The summed E-state index contributed by atoms with van der Waals surface area (Å²) in [4.78, 5) is 13.7. The van der Waals surface area contributed by atoms with Gasteiger partial charge in [-0.2, -0.15) is 0 Å². The number of fused-ring (bicyclic) bond motifs is 1. The van der Waals surface area contributed by atoms with Crippen LogP contribution in [0.25, 0.3) is 16.7 Å². The Morgan fingerprint density at radius 2 is 1.50 bits per heavy atom. The molecule has 5 aliphatic rings. The van der Waals surface area contributed by atoms with E-state index in [1.54, 1.807) is 0 Å². The van der Waals surface area contributed by atoms with E-state index in [0.717, 1.165) is 56.5 Å². The Morgan fingerprint density at radius 3 is 2.14 bits per heavy atom. The predicted molar refractivity (Wildman–Crippen MR) is 148 cm³/mol. The quantitative estimate of drug-likeness (QED) is 0.427. The summed E-state index contributed by atoms with van der Waals surface area (Å²) in [5.74, 6) is 0.606. The van der Waals surface area contributed by atoms with E-state index in [2.05, 4.69) is 91.8 Å². The van der Waals surface area contributed by atoms with E-state index >= 15 is 0 Å². The highest BCUT2D eigenvalue weighted by Crippen LogP contribution is 2.49. The van der Waals surface area contributed by atoms with Crippen molar-refractivity contribution in [1.82, 2.24) is 0 Å². The molecule has 0 aromatic carbocycles. The van der Waals surface area contributed by atoms with Gasteiger partial charge in [0.1, 0.15) is 0 Å². The number of aryl methyl sites for hydroxylation is 2. The van der Waals surface area contributed by atoms with Crippen LogP contribution in [-0.2, 0) is 4.79 Å². The summed E-state index contributed by atoms with van der Waals surface area (Å²) in [5, 5.41) is 13.7. The second-order valence-electron chi connectivity index (χ2n) is 11.3. The molecule has 2 nitrogen and oxygen atoms in total. The van der Waals surface area contributed by atoms with Crippen LogP contribution in [0, 0.1) is 19.8 Å². The first-order chi connectivity index (χ1) is 17.0. The molecule has 0 spiro atoms. The van der Waals surface area contributed by atoms with Gasteiger partial charge in [-0.1, -0.05) is 81.5 Å². The molecule has 0 radical (unpaired) electrons. The van der Waals surface area contributed by atoms with Crippen LogP contribution in [0.15, 0.2) is 87.3 Å². The second kappa shape index (κ2) is 8.62. The minimum Gasteiger partial charge on any atom is -0.871 e. The number of hydrogen-bond acceptors (Lipinski definition) is 2. The fourth-order valence-electron chi connectivity index (χ4n) is 5.86. The molecular formula is C34H35O2-. The highest BCUT2D eigenvalue weighted by molar-refractivity contribution is 6.40. The lowest BCUT2D eigenvalue weighted by atomic mass is 9.78. The number of ketones is 1. The van der Waals surface area contributed by atoms with E-state index < -0.39 is 0 Å². The van der Waals surface area contributed by atoms with Crippen LogP contribution in [0.1, 0.15) is 76.1 Å². The van der Waals surface area contributed by atoms with Crippen LogP contribution in [0.4, 0.5) is 0 Å². The standard InChI is InChI=1S/C34H36O2/c1-17(2)23-11-9-19(5)29-25(15-23)21(7)13-27(29)31-33(35)32(34(31)36)28-14-22(8)26-16-24(18(3)4)12-10-20(6)30(26)28/h9-15,17-18,35H,16H2,1-8H3/p-1. The molecular weight excluding hydrogens is 440 g/mol. The lowest BCUT2D eigenvalue weighted by Gasteiger charge is -2.33. The van der Waals surface area contributed by atoms with E-state index in [9.17, 15) is 9.90 Å². The number of allylic oxidation sites excluding steroid dienone is 11. The number of carbonyl (C=O) groups is 1. The molecule has 0 aromatic rings. The molecule has 0 aliphatic heterocycles. The molecule has 0 N–H and O–H groups in total. The Labute approximate surface area is 215 Å². The van der Waals surface area contributed by atoms with Crippen LogP contribution in [0.2, 0.25) is 0 Å². The van der Waals surface area contributed by atoms with Crippen LogP contribution in [0.3, 0.4) is 0 Å². The van der Waals surface area contributed by atoms with Crippen molar-refractivity contribution < 1.29 is 9.90 Å². The topological polar surface area (TPSA) is 40.1 Å². The van der Waals surface area contributed by atoms with Gasteiger partial charge in [0.05, 0.1) is 0 Å². The largest absolute Gasteiger partial charge is 0.871 e. The predicted octanol–water partition coefficient (Wildman–Crippen LogP) is 7.67. The van der Waals surface area contributed by atoms with Gasteiger partial charge in [0.15, 0.2) is 5.78 Å². The lowest BCUT2D eigenvalue weighted by Crippen LogP contribution is -2.30. The van der Waals surface area contributed by atoms with E-state index in [-0.39, 0.29) is 11.5 Å². The second-order valence-corrected chi connectivity index (χ2v) is 11.3. The van der Waals surface area contributed by atoms with Gasteiger partial charge in [-0.25, -0.2) is 0 Å². The molecule has 0 unspecified atom stereocenters. The minimum absolute atomic E-state index is 0.122. The maximum absolute atomic E-state index is 13.7. The summed E-state index contributed by atoms with van der Waals surface area (Å²) < 4.78 is 0. The fourth-order valence-corrected chi connectivity index (χ4v) is 5.86. The molecule has 0 aromatic heterocycles. The summed E-state index contributed by atoms with van der Waals surface area (Å²) >= 11 is 0. The summed E-state index contributed by atoms with van der Waals surface area (Å²) in [6.07, 6.45) is 7.27. The molecule has 0 heterocycles. The van der Waals surface area contributed by atoms with Crippen LogP contribution in [0.5, 0.6) is 0 Å². The zero-order chi connectivity index (χ0) is 26.0. The Hall–Kier alpha value is -3.39. The maximum Gasteiger partial charge on any atom is 0.193 e. The molecule has 0 atom stereocenters. The Bertz CT molecular complexity index is 1490. The van der Waals surface area contributed by atoms with E-state index in [1.807, 2.05) is 6.07 Å². The molecule has 5 aliphatic carbocycles. The van der Waals surface area contributed by atoms with E-state index in [4.69, 9.17) is 0 Å². The third kappa shape index (κ3) is 3.58. The first-order valence-electron chi connectivity index (χ1n) is 13.1. The van der Waals surface area contributed by atoms with Gasteiger partial charge in [-0.15, -0.1) is 0 Å². The van der Waals surface area contributed by atoms with Crippen LogP contribution >= 0.6 is 0 Å². The zero-order valence-electron chi connectivity index (χ0n) is 22.7. The Balaban J connectivity index is 1.66. The zero-order valence-corrected chi connectivity index (χ0v) is 22.7. The normalized spacial score (nSPS) is 20.2. The van der Waals surface area contributed by atoms with Gasteiger partial charge < -0.3 is 5.11 Å². The number of carbonyl (C=O) groups excluding carboxylic acids is 1. The highest BCUT2D eigenvalue weighted by atomic mass is 16.3. The maximum atomic E-state index is 13.7. The van der Waals surface area contributed by atoms with Gasteiger partial charge in [-0.05, 0) is 107 Å². The molecule has 0 fully saturated rings. The van der Waals surface area contributed by atoms with Gasteiger partial charge in [0.2, 0.25) is 0 Å². The average molecular weight is 476 g/mol. The lowest BCUT2D eigenvalue weighted by molar-refractivity contribution is -0.297. The van der Waals surface area contributed by atoms with Gasteiger partial charge in [0.25, 0.3) is 0 Å². The number of hydrogen-bond donors (Lipinski definition) is 0. The number of Topliss-reactive ketones (excluding diaryl/α,β-unsaturated/α-hetero) is 1. The van der Waals surface area contributed by atoms with Crippen molar-refractivity contribution >= 4 is 11.4 Å². The van der Waals surface area contributed by atoms with Crippen molar-refractivity contribution in [3.05, 3.63) is 110 Å². The number of rotatable bonds is 3. The SMILES string of the molecule is CC1=CC(=C2C(=O)C(c3cc(C)c4cc(C(C)C)ccc(C)c3-4)=C2[O-])C2=C1CC(C(C)C)=CC=C2C. The molecule has 0 bridgehead atoms. The third-order valence-corrected chi connectivity index (χ3v) is 8.14. The summed E-state index contributed by atoms with van der Waals surface area (Å²) in [5.41, 5.74) is 13.8. The highest BCUT2D eigenvalue weighted by Gasteiger charge is 2.36. The van der Waals surface area contributed by atoms with Crippen LogP contribution in [-0.4, -0.2) is 5.78 Å². The van der Waals surface area contributed by atoms with Crippen LogP contribution < -0.4 is 5.11 Å². The van der Waals surface area contributed by atoms with E-state index in [0.29, 0.717) is 23.0 Å². The summed E-state index contributed by atoms with van der Waals surface area (Å²) in [6, 6.07) is 8.53. The molecule has 36 heavy (non-hydrogen) atoms. The molecule has 5 rings (SSSR count). The average Bonchev–Trinajstić information content (AvgIpc) is 3.11. The van der Waals surface area contributed by atoms with Gasteiger partial charge in [-0.3, -0.25) is 4.79 Å². The summed E-state index contributed by atoms with van der Waals surface area (Å²) in [7, 11) is 0. The minimum atomic E-state index is -0.122. The Morgan fingerprint density at radius 1 is 0.778 bits per heavy atom. The van der Waals surface area contributed by atoms with Crippen molar-refractivity contribution in [2.75, 3.05) is 0 Å². The van der Waals surface area contributed by atoms with E-state index in [1.165, 1.54) is 16.7 Å². The third-order valence-electron chi connectivity index (χ3n) is 8.14. The monoisotopic (exact) mass is 475 g/mol. The van der Waals surface area contributed by atoms with Crippen molar-refractivity contribution in [3.63, 3.8) is 0 Å². The smallest absolute Gasteiger partial charge is 0.193 e. The first-order valence-corrected chi connectivity index (χ1v) is 13.1. The molecule has 2 heteroatoms.